The van der Waals surface area contributed by atoms with Gasteiger partial charge in [0.25, 0.3) is 0 Å². The lowest BCUT2D eigenvalue weighted by Crippen LogP contribution is -2.21. The summed E-state index contributed by atoms with van der Waals surface area (Å²) in [6, 6.07) is 0. The summed E-state index contributed by atoms with van der Waals surface area (Å²) >= 11 is 0. The van der Waals surface area contributed by atoms with Gasteiger partial charge in [0.2, 0.25) is 0 Å². The summed E-state index contributed by atoms with van der Waals surface area (Å²) in [6.07, 6.45) is 8.55. The van der Waals surface area contributed by atoms with Crippen molar-refractivity contribution in [3.63, 3.8) is 0 Å². The minimum Gasteiger partial charge on any atom is -0.282 e. The number of hydrogen-bond acceptors (Lipinski definition) is 3. The first kappa shape index (κ1) is 15.2. The third kappa shape index (κ3) is 10.4. The number of rotatable bonds is 11. The Morgan fingerprint density at radius 1 is 0.867 bits per heavy atom. The van der Waals surface area contributed by atoms with E-state index in [1.54, 1.807) is 0 Å². The fourth-order valence-electron chi connectivity index (χ4n) is 1.47. The molecule has 0 spiro atoms. The Bertz CT molecular complexity index is 158. The van der Waals surface area contributed by atoms with Gasteiger partial charge >= 0.3 is 0 Å². The van der Waals surface area contributed by atoms with Gasteiger partial charge in [-0.3, -0.25) is 14.0 Å². The maximum absolute atomic E-state index is 10.4. The highest BCUT2D eigenvalue weighted by Crippen LogP contribution is 2.09. The van der Waals surface area contributed by atoms with Crippen LogP contribution in [0.15, 0.2) is 0 Å². The molecule has 88 valence electrons. The Hall–Kier alpha value is 0.160. The SMILES string of the molecule is CCCCCCCCN(CP=O)CP=O. The largest absolute Gasteiger partial charge is 0.282 e. The molecule has 3 nitrogen and oxygen atoms in total. The molecule has 0 saturated heterocycles. The maximum atomic E-state index is 10.4. The zero-order valence-corrected chi connectivity index (χ0v) is 11.3. The van der Waals surface area contributed by atoms with Gasteiger partial charge in [0.05, 0.1) is 12.6 Å². The van der Waals surface area contributed by atoms with E-state index in [0.29, 0.717) is 12.6 Å². The zero-order valence-electron chi connectivity index (χ0n) is 9.52. The van der Waals surface area contributed by atoms with Gasteiger partial charge in [-0.15, -0.1) is 0 Å². The second kappa shape index (κ2) is 12.2. The quantitative estimate of drug-likeness (QED) is 0.408. The smallest absolute Gasteiger partial charge is 0.170 e. The predicted octanol–water partition coefficient (Wildman–Crippen LogP) is 4.15. The second-order valence-electron chi connectivity index (χ2n) is 3.70. The van der Waals surface area contributed by atoms with E-state index in [1.165, 1.54) is 32.1 Å². The number of nitrogens with zero attached hydrogens (tertiary/aromatic N) is 1. The van der Waals surface area contributed by atoms with E-state index in [1.807, 2.05) is 4.90 Å². The molecular weight excluding hydrogens is 228 g/mol. The summed E-state index contributed by atoms with van der Waals surface area (Å²) in [7, 11) is 0.247. The minimum atomic E-state index is 0.123. The minimum absolute atomic E-state index is 0.123. The highest BCUT2D eigenvalue weighted by Gasteiger charge is 2.03. The van der Waals surface area contributed by atoms with Crippen LogP contribution in [0.4, 0.5) is 0 Å². The predicted molar refractivity (Wildman–Crippen MR) is 65.0 cm³/mol. The molecule has 0 rings (SSSR count). The first-order valence-electron chi connectivity index (χ1n) is 5.65. The molecule has 0 fully saturated rings. The van der Waals surface area contributed by atoms with Crippen molar-refractivity contribution in [2.75, 3.05) is 19.1 Å². The third-order valence-electron chi connectivity index (χ3n) is 2.34. The Morgan fingerprint density at radius 3 is 1.93 bits per heavy atom. The summed E-state index contributed by atoms with van der Waals surface area (Å²) in [5.41, 5.74) is 0. The van der Waals surface area contributed by atoms with Crippen molar-refractivity contribution in [2.24, 2.45) is 0 Å². The fraction of sp³-hybridized carbons (Fsp3) is 1.00. The molecular formula is C10H21NO2P2. The summed E-state index contributed by atoms with van der Waals surface area (Å²) in [5, 5.41) is 0. The monoisotopic (exact) mass is 249 g/mol. The maximum Gasteiger partial charge on any atom is 0.170 e. The topological polar surface area (TPSA) is 37.4 Å². The second-order valence-corrected chi connectivity index (χ2v) is 4.79. The molecule has 0 aromatic heterocycles. The van der Waals surface area contributed by atoms with E-state index >= 15 is 0 Å². The van der Waals surface area contributed by atoms with Crippen molar-refractivity contribution in [1.82, 2.24) is 4.90 Å². The van der Waals surface area contributed by atoms with Crippen LogP contribution in [-0.2, 0) is 9.13 Å². The van der Waals surface area contributed by atoms with Gasteiger partial charge in [0.1, 0.15) is 0 Å². The molecule has 0 atom stereocenters. The van der Waals surface area contributed by atoms with Crippen LogP contribution in [0.25, 0.3) is 0 Å². The molecule has 0 N–H and O–H groups in total. The Labute approximate surface area is 96.0 Å². The van der Waals surface area contributed by atoms with E-state index in [0.717, 1.165) is 13.0 Å². The molecule has 0 radical (unpaired) electrons. The van der Waals surface area contributed by atoms with Crippen LogP contribution >= 0.6 is 16.9 Å². The molecule has 0 heterocycles. The lowest BCUT2D eigenvalue weighted by molar-refractivity contribution is 0.353. The molecule has 0 amide bonds. The fourth-order valence-corrected chi connectivity index (χ4v) is 2.43. The Balaban J connectivity index is 3.35. The number of hydrogen-bond donors (Lipinski definition) is 0. The van der Waals surface area contributed by atoms with Crippen LogP contribution in [0.1, 0.15) is 45.4 Å². The van der Waals surface area contributed by atoms with Crippen LogP contribution in [0.3, 0.4) is 0 Å². The molecule has 0 aliphatic carbocycles. The van der Waals surface area contributed by atoms with Crippen molar-refractivity contribution in [3.8, 4) is 0 Å². The molecule has 0 aliphatic rings. The molecule has 0 aromatic carbocycles. The molecule has 5 heteroatoms. The molecule has 15 heavy (non-hydrogen) atoms. The average Bonchev–Trinajstić information content (AvgIpc) is 2.24. The highest BCUT2D eigenvalue weighted by molar-refractivity contribution is 7.24. The zero-order chi connectivity index (χ0) is 11.4. The van der Waals surface area contributed by atoms with E-state index < -0.39 is 0 Å². The van der Waals surface area contributed by atoms with E-state index in [9.17, 15) is 9.13 Å². The van der Waals surface area contributed by atoms with Crippen molar-refractivity contribution >= 4 is 16.9 Å². The van der Waals surface area contributed by atoms with Gasteiger partial charge in [0, 0.05) is 0 Å². The van der Waals surface area contributed by atoms with E-state index in [2.05, 4.69) is 6.92 Å². The van der Waals surface area contributed by atoms with E-state index in [-0.39, 0.29) is 16.9 Å². The van der Waals surface area contributed by atoms with Crippen LogP contribution in [0.5, 0.6) is 0 Å². The van der Waals surface area contributed by atoms with Gasteiger partial charge in [-0.25, -0.2) is 0 Å². The molecule has 0 bridgehead atoms. The molecule has 0 unspecified atom stereocenters. The van der Waals surface area contributed by atoms with Crippen molar-refractivity contribution in [2.45, 2.75) is 45.4 Å². The van der Waals surface area contributed by atoms with Crippen LogP contribution in [-0.4, -0.2) is 24.0 Å². The van der Waals surface area contributed by atoms with Gasteiger partial charge in [0.15, 0.2) is 16.9 Å². The number of unbranched alkanes of at least 4 members (excludes halogenated alkanes) is 5. The first-order valence-corrected chi connectivity index (χ1v) is 7.65. The van der Waals surface area contributed by atoms with Crippen LogP contribution < -0.4 is 0 Å². The van der Waals surface area contributed by atoms with Gasteiger partial charge in [-0.05, 0) is 13.0 Å². The third-order valence-corrected chi connectivity index (χ3v) is 3.37. The lowest BCUT2D eigenvalue weighted by Gasteiger charge is -2.14. The molecule has 0 saturated carbocycles. The highest BCUT2D eigenvalue weighted by atomic mass is 31.1. The summed E-state index contributed by atoms with van der Waals surface area (Å²) in [4.78, 5) is 1.98. The van der Waals surface area contributed by atoms with E-state index in [4.69, 9.17) is 0 Å². The standard InChI is InChI=1S/C10H21NO2P2/c1-2-3-4-5-6-7-8-11(9-14-12)10-15-13/h2-10H2,1H3. The first-order chi connectivity index (χ1) is 7.35. The molecule has 0 aromatic rings. The molecule has 0 aliphatic heterocycles. The summed E-state index contributed by atoms with van der Waals surface area (Å²) in [5.74, 6) is 0. The van der Waals surface area contributed by atoms with Gasteiger partial charge in [-0.1, -0.05) is 39.0 Å². The summed E-state index contributed by atoms with van der Waals surface area (Å²) < 4.78 is 20.8. The van der Waals surface area contributed by atoms with Crippen molar-refractivity contribution in [3.05, 3.63) is 0 Å². The van der Waals surface area contributed by atoms with Gasteiger partial charge < -0.3 is 0 Å². The van der Waals surface area contributed by atoms with Gasteiger partial charge in [-0.2, -0.15) is 0 Å². The normalized spacial score (nSPS) is 11.6. The van der Waals surface area contributed by atoms with Crippen molar-refractivity contribution in [1.29, 1.82) is 0 Å². The van der Waals surface area contributed by atoms with Crippen molar-refractivity contribution < 1.29 is 9.13 Å². The lowest BCUT2D eigenvalue weighted by atomic mass is 10.1. The average molecular weight is 249 g/mol. The Morgan fingerprint density at radius 2 is 1.40 bits per heavy atom. The summed E-state index contributed by atoms with van der Waals surface area (Å²) in [6.45, 7) is 3.12. The Kier molecular flexibility index (Phi) is 12.4. The van der Waals surface area contributed by atoms with Crippen LogP contribution in [0.2, 0.25) is 0 Å². The van der Waals surface area contributed by atoms with Crippen LogP contribution in [0, 0.1) is 0 Å².